The third-order valence-electron chi connectivity index (χ3n) is 6.82. The molecule has 1 aliphatic heterocycles. The Hall–Kier alpha value is -1.81. The van der Waals surface area contributed by atoms with Crippen molar-refractivity contribution in [1.82, 2.24) is 9.88 Å². The molecule has 2 fully saturated rings. The van der Waals surface area contributed by atoms with Crippen molar-refractivity contribution in [3.8, 4) is 0 Å². The fourth-order valence-corrected chi connectivity index (χ4v) is 4.74. The van der Waals surface area contributed by atoms with Crippen molar-refractivity contribution in [2.45, 2.75) is 57.5 Å². The Morgan fingerprint density at radius 3 is 2.64 bits per heavy atom. The number of fused-ring (bicyclic) bond motifs is 1. The predicted molar refractivity (Wildman–Crippen MR) is 99.3 cm³/mol. The molecule has 25 heavy (non-hydrogen) atoms. The van der Waals surface area contributed by atoms with Crippen molar-refractivity contribution >= 4 is 16.8 Å². The van der Waals surface area contributed by atoms with Gasteiger partial charge in [0.15, 0.2) is 0 Å². The summed E-state index contributed by atoms with van der Waals surface area (Å²) in [6.07, 6.45) is 8.43. The summed E-state index contributed by atoms with van der Waals surface area (Å²) >= 11 is 0. The third kappa shape index (κ3) is 2.86. The van der Waals surface area contributed by atoms with E-state index in [-0.39, 0.29) is 11.3 Å². The molecule has 1 atom stereocenters. The van der Waals surface area contributed by atoms with E-state index in [2.05, 4.69) is 29.4 Å². The molecule has 1 aromatic carbocycles. The van der Waals surface area contributed by atoms with Gasteiger partial charge in [0.2, 0.25) is 5.91 Å². The van der Waals surface area contributed by atoms with Gasteiger partial charge in [-0.15, -0.1) is 0 Å². The molecule has 1 aliphatic carbocycles. The van der Waals surface area contributed by atoms with E-state index in [1.165, 1.54) is 10.9 Å². The fraction of sp³-hybridized carbons (Fsp3) is 0.571. The quantitative estimate of drug-likeness (QED) is 0.893. The molecule has 2 aromatic rings. The predicted octanol–water partition coefficient (Wildman–Crippen LogP) is 3.64. The Kier molecular flexibility index (Phi) is 4.11. The van der Waals surface area contributed by atoms with E-state index in [4.69, 9.17) is 0 Å². The molecule has 2 heterocycles. The summed E-state index contributed by atoms with van der Waals surface area (Å²) in [7, 11) is 0. The second-order valence-corrected chi connectivity index (χ2v) is 8.15. The van der Waals surface area contributed by atoms with Crippen LogP contribution in [0.5, 0.6) is 0 Å². The molecule has 1 spiro atoms. The summed E-state index contributed by atoms with van der Waals surface area (Å²) < 4.78 is 0. The van der Waals surface area contributed by atoms with Crippen LogP contribution in [0.15, 0.2) is 30.5 Å². The van der Waals surface area contributed by atoms with E-state index in [1.54, 1.807) is 0 Å². The van der Waals surface area contributed by atoms with Gasteiger partial charge in [0.25, 0.3) is 0 Å². The van der Waals surface area contributed by atoms with E-state index in [1.807, 2.05) is 17.9 Å². The van der Waals surface area contributed by atoms with Crippen LogP contribution in [0, 0.1) is 5.41 Å². The molecule has 1 saturated carbocycles. The molecule has 2 aliphatic rings. The van der Waals surface area contributed by atoms with Crippen molar-refractivity contribution in [2.24, 2.45) is 5.41 Å². The summed E-state index contributed by atoms with van der Waals surface area (Å²) in [5, 5.41) is 11.7. The van der Waals surface area contributed by atoms with E-state index in [0.717, 1.165) is 57.1 Å². The van der Waals surface area contributed by atoms with Crippen LogP contribution in [0.4, 0.5) is 0 Å². The SMILES string of the molecule is CC1(O)CCC12CCN(C(=O)CCCc1c[nH]c3ccccc13)CC2. The molecule has 1 amide bonds. The average molecular weight is 340 g/mol. The van der Waals surface area contributed by atoms with Crippen molar-refractivity contribution in [3.63, 3.8) is 0 Å². The van der Waals surface area contributed by atoms with Gasteiger partial charge in [0, 0.05) is 42.0 Å². The monoisotopic (exact) mass is 340 g/mol. The highest BCUT2D eigenvalue weighted by Gasteiger charge is 2.55. The molecular weight excluding hydrogens is 312 g/mol. The average Bonchev–Trinajstić information content (AvgIpc) is 3.04. The maximum Gasteiger partial charge on any atom is 0.222 e. The molecule has 1 saturated heterocycles. The first-order valence-corrected chi connectivity index (χ1v) is 9.56. The van der Waals surface area contributed by atoms with Crippen LogP contribution in [-0.2, 0) is 11.2 Å². The van der Waals surface area contributed by atoms with Crippen LogP contribution in [0.25, 0.3) is 10.9 Å². The van der Waals surface area contributed by atoms with E-state index in [9.17, 15) is 9.90 Å². The summed E-state index contributed by atoms with van der Waals surface area (Å²) in [5.41, 5.74) is 2.02. The lowest BCUT2D eigenvalue weighted by molar-refractivity contribution is -0.180. The van der Waals surface area contributed by atoms with Crippen molar-refractivity contribution in [3.05, 3.63) is 36.0 Å². The maximum absolute atomic E-state index is 12.5. The molecule has 4 rings (SSSR count). The van der Waals surface area contributed by atoms with Gasteiger partial charge in [-0.05, 0) is 57.1 Å². The minimum absolute atomic E-state index is 0.0772. The first-order chi connectivity index (χ1) is 12.0. The molecular formula is C21H28N2O2. The largest absolute Gasteiger partial charge is 0.390 e. The Labute approximate surface area is 149 Å². The first-order valence-electron chi connectivity index (χ1n) is 9.56. The Bertz CT molecular complexity index is 769. The van der Waals surface area contributed by atoms with Gasteiger partial charge in [-0.3, -0.25) is 4.79 Å². The zero-order valence-corrected chi connectivity index (χ0v) is 15.1. The number of nitrogens with zero attached hydrogens (tertiary/aromatic N) is 1. The zero-order chi connectivity index (χ0) is 17.5. The fourth-order valence-electron chi connectivity index (χ4n) is 4.74. The van der Waals surface area contributed by atoms with Gasteiger partial charge in [-0.25, -0.2) is 0 Å². The van der Waals surface area contributed by atoms with Gasteiger partial charge < -0.3 is 15.0 Å². The number of H-pyrrole nitrogens is 1. The lowest BCUT2D eigenvalue weighted by Gasteiger charge is -2.58. The number of aryl methyl sites for hydroxylation is 1. The highest BCUT2D eigenvalue weighted by molar-refractivity contribution is 5.83. The number of carbonyl (C=O) groups is 1. The number of aromatic amines is 1. The minimum Gasteiger partial charge on any atom is -0.390 e. The minimum atomic E-state index is -0.516. The van der Waals surface area contributed by atoms with Crippen LogP contribution in [-0.4, -0.2) is 39.6 Å². The van der Waals surface area contributed by atoms with Gasteiger partial charge in [-0.1, -0.05) is 18.2 Å². The number of aromatic nitrogens is 1. The van der Waals surface area contributed by atoms with E-state index >= 15 is 0 Å². The summed E-state index contributed by atoms with van der Waals surface area (Å²) in [4.78, 5) is 17.8. The molecule has 1 aromatic heterocycles. The maximum atomic E-state index is 12.5. The number of piperidine rings is 1. The number of likely N-dealkylation sites (tertiary alicyclic amines) is 1. The number of rotatable bonds is 4. The number of nitrogens with one attached hydrogen (secondary N) is 1. The van der Waals surface area contributed by atoms with Crippen LogP contribution >= 0.6 is 0 Å². The van der Waals surface area contributed by atoms with Crippen molar-refractivity contribution in [1.29, 1.82) is 0 Å². The molecule has 1 unspecified atom stereocenters. The molecule has 4 heteroatoms. The molecule has 2 N–H and O–H groups in total. The van der Waals surface area contributed by atoms with Crippen LogP contribution < -0.4 is 0 Å². The Morgan fingerprint density at radius 1 is 1.20 bits per heavy atom. The topological polar surface area (TPSA) is 56.3 Å². The lowest BCUT2D eigenvalue weighted by Crippen LogP contribution is -2.60. The molecule has 0 radical (unpaired) electrons. The standard InChI is InChI=1S/C21H28N2O2/c1-20(25)9-10-21(20)11-13-23(14-12-21)19(24)8-4-5-16-15-22-18-7-3-2-6-17(16)18/h2-3,6-7,15,22,25H,4-5,8-14H2,1H3. The highest BCUT2D eigenvalue weighted by atomic mass is 16.3. The Morgan fingerprint density at radius 2 is 1.96 bits per heavy atom. The molecule has 0 bridgehead atoms. The normalized spacial score (nSPS) is 25.3. The first kappa shape index (κ1) is 16.6. The third-order valence-corrected chi connectivity index (χ3v) is 6.82. The second kappa shape index (κ2) is 6.17. The second-order valence-electron chi connectivity index (χ2n) is 8.15. The van der Waals surface area contributed by atoms with Crippen molar-refractivity contribution < 1.29 is 9.90 Å². The number of hydrogen-bond donors (Lipinski definition) is 2. The van der Waals surface area contributed by atoms with Crippen molar-refractivity contribution in [2.75, 3.05) is 13.1 Å². The number of hydrogen-bond acceptors (Lipinski definition) is 2. The summed E-state index contributed by atoms with van der Waals surface area (Å²) in [6.45, 7) is 3.58. The number of aliphatic hydroxyl groups is 1. The highest BCUT2D eigenvalue weighted by Crippen LogP contribution is 2.56. The van der Waals surface area contributed by atoms with E-state index < -0.39 is 5.60 Å². The van der Waals surface area contributed by atoms with Crippen LogP contribution in [0.3, 0.4) is 0 Å². The number of carbonyl (C=O) groups excluding carboxylic acids is 1. The molecule has 4 nitrogen and oxygen atoms in total. The van der Waals surface area contributed by atoms with Gasteiger partial charge >= 0.3 is 0 Å². The number of amides is 1. The van der Waals surface area contributed by atoms with Gasteiger partial charge in [-0.2, -0.15) is 0 Å². The molecule has 134 valence electrons. The lowest BCUT2D eigenvalue weighted by atomic mass is 9.53. The number of benzene rings is 1. The van der Waals surface area contributed by atoms with Gasteiger partial charge in [0.1, 0.15) is 0 Å². The summed E-state index contributed by atoms with van der Waals surface area (Å²) in [5.74, 6) is 0.272. The zero-order valence-electron chi connectivity index (χ0n) is 15.1. The Balaban J connectivity index is 1.27. The smallest absolute Gasteiger partial charge is 0.222 e. The van der Waals surface area contributed by atoms with Gasteiger partial charge in [0.05, 0.1) is 5.60 Å². The number of para-hydroxylation sites is 1. The summed E-state index contributed by atoms with van der Waals surface area (Å²) in [6, 6.07) is 8.32. The van der Waals surface area contributed by atoms with Crippen LogP contribution in [0.2, 0.25) is 0 Å². The van der Waals surface area contributed by atoms with E-state index in [0.29, 0.717) is 6.42 Å². The van der Waals surface area contributed by atoms with Crippen LogP contribution in [0.1, 0.15) is 51.0 Å².